The van der Waals surface area contributed by atoms with Crippen molar-refractivity contribution in [2.75, 3.05) is 18.0 Å². The Morgan fingerprint density at radius 2 is 2.00 bits per heavy atom. The van der Waals surface area contributed by atoms with E-state index in [1.54, 1.807) is 6.07 Å². The van der Waals surface area contributed by atoms with Crippen LogP contribution in [0.25, 0.3) is 0 Å². The molecule has 0 radical (unpaired) electrons. The maximum absolute atomic E-state index is 13.9. The summed E-state index contributed by atoms with van der Waals surface area (Å²) in [6, 6.07) is 5.05. The summed E-state index contributed by atoms with van der Waals surface area (Å²) in [5.74, 6) is 0.122. The SMILES string of the molecule is C[C@@H]1CN(c2c(F)cccc2CCl)C[C@H](C)O1. The Balaban J connectivity index is 2.32. The largest absolute Gasteiger partial charge is 0.372 e. The lowest BCUT2D eigenvalue weighted by Crippen LogP contribution is -2.46. The highest BCUT2D eigenvalue weighted by molar-refractivity contribution is 6.17. The molecule has 1 aromatic carbocycles. The van der Waals surface area contributed by atoms with Gasteiger partial charge in [-0.3, -0.25) is 0 Å². The van der Waals surface area contributed by atoms with E-state index in [1.165, 1.54) is 6.07 Å². The second-order valence-corrected chi connectivity index (χ2v) is 4.81. The van der Waals surface area contributed by atoms with Gasteiger partial charge in [0.25, 0.3) is 0 Å². The summed E-state index contributed by atoms with van der Waals surface area (Å²) in [4.78, 5) is 2.03. The van der Waals surface area contributed by atoms with Crippen LogP contribution in [-0.4, -0.2) is 25.3 Å². The van der Waals surface area contributed by atoms with Crippen molar-refractivity contribution in [3.63, 3.8) is 0 Å². The number of benzene rings is 1. The minimum atomic E-state index is -0.204. The fourth-order valence-electron chi connectivity index (χ4n) is 2.38. The van der Waals surface area contributed by atoms with Gasteiger partial charge in [0.05, 0.1) is 17.9 Å². The molecule has 0 amide bonds. The van der Waals surface area contributed by atoms with Gasteiger partial charge in [0, 0.05) is 19.0 Å². The first-order chi connectivity index (χ1) is 8.11. The average molecular weight is 258 g/mol. The highest BCUT2D eigenvalue weighted by Crippen LogP contribution is 2.28. The van der Waals surface area contributed by atoms with E-state index >= 15 is 0 Å². The van der Waals surface area contributed by atoms with E-state index in [9.17, 15) is 4.39 Å². The number of alkyl halides is 1. The predicted octanol–water partition coefficient (Wildman–Crippen LogP) is 3.18. The molecular formula is C13H17ClFNO. The summed E-state index contributed by atoms with van der Waals surface area (Å²) in [5, 5.41) is 0. The van der Waals surface area contributed by atoms with Crippen LogP contribution < -0.4 is 4.90 Å². The molecule has 0 aromatic heterocycles. The zero-order chi connectivity index (χ0) is 12.4. The number of nitrogens with zero attached hydrogens (tertiary/aromatic N) is 1. The van der Waals surface area contributed by atoms with Crippen molar-refractivity contribution < 1.29 is 9.13 Å². The fraction of sp³-hybridized carbons (Fsp3) is 0.538. The highest BCUT2D eigenvalue weighted by Gasteiger charge is 2.25. The highest BCUT2D eigenvalue weighted by atomic mass is 35.5. The molecule has 1 aliphatic heterocycles. The molecule has 1 heterocycles. The van der Waals surface area contributed by atoms with Crippen LogP contribution in [0.4, 0.5) is 10.1 Å². The normalized spacial score (nSPS) is 25.1. The molecule has 0 saturated carbocycles. The summed E-state index contributed by atoms with van der Waals surface area (Å²) in [5.41, 5.74) is 1.47. The molecule has 2 rings (SSSR count). The van der Waals surface area contributed by atoms with Crippen LogP contribution in [0, 0.1) is 5.82 Å². The molecule has 1 fully saturated rings. The Labute approximate surface area is 106 Å². The van der Waals surface area contributed by atoms with Gasteiger partial charge in [-0.05, 0) is 25.5 Å². The number of morpholine rings is 1. The fourth-order valence-corrected chi connectivity index (χ4v) is 2.60. The van der Waals surface area contributed by atoms with E-state index in [0.29, 0.717) is 24.7 Å². The molecule has 2 atom stereocenters. The maximum Gasteiger partial charge on any atom is 0.146 e. The first-order valence-electron chi connectivity index (χ1n) is 5.85. The van der Waals surface area contributed by atoms with Crippen LogP contribution >= 0.6 is 11.6 Å². The zero-order valence-corrected chi connectivity index (χ0v) is 10.9. The minimum absolute atomic E-state index is 0.113. The molecule has 94 valence electrons. The van der Waals surface area contributed by atoms with Gasteiger partial charge < -0.3 is 9.64 Å². The van der Waals surface area contributed by atoms with E-state index in [2.05, 4.69) is 0 Å². The Kier molecular flexibility index (Phi) is 3.89. The number of para-hydroxylation sites is 1. The molecular weight excluding hydrogens is 241 g/mol. The van der Waals surface area contributed by atoms with Gasteiger partial charge in [-0.25, -0.2) is 4.39 Å². The lowest BCUT2D eigenvalue weighted by Gasteiger charge is -2.37. The lowest BCUT2D eigenvalue weighted by molar-refractivity contribution is -0.00542. The van der Waals surface area contributed by atoms with Crippen molar-refractivity contribution in [1.82, 2.24) is 0 Å². The predicted molar refractivity (Wildman–Crippen MR) is 68.2 cm³/mol. The van der Waals surface area contributed by atoms with E-state index in [1.807, 2.05) is 24.8 Å². The van der Waals surface area contributed by atoms with Crippen LogP contribution in [0.2, 0.25) is 0 Å². The quantitative estimate of drug-likeness (QED) is 0.755. The summed E-state index contributed by atoms with van der Waals surface area (Å²) >= 11 is 5.87. The van der Waals surface area contributed by atoms with Crippen molar-refractivity contribution in [1.29, 1.82) is 0 Å². The summed E-state index contributed by atoms with van der Waals surface area (Å²) in [6.07, 6.45) is 0.225. The zero-order valence-electron chi connectivity index (χ0n) is 10.1. The van der Waals surface area contributed by atoms with Crippen LogP contribution in [-0.2, 0) is 10.6 Å². The third-order valence-corrected chi connectivity index (χ3v) is 3.24. The third kappa shape index (κ3) is 2.72. The Morgan fingerprint density at radius 3 is 2.59 bits per heavy atom. The van der Waals surface area contributed by atoms with E-state index in [-0.39, 0.29) is 18.0 Å². The molecule has 4 heteroatoms. The Morgan fingerprint density at radius 1 is 1.35 bits per heavy atom. The number of anilines is 1. The molecule has 0 N–H and O–H groups in total. The lowest BCUT2D eigenvalue weighted by atomic mass is 10.1. The maximum atomic E-state index is 13.9. The minimum Gasteiger partial charge on any atom is -0.372 e. The molecule has 2 nitrogen and oxygen atoms in total. The number of halogens is 2. The smallest absolute Gasteiger partial charge is 0.146 e. The van der Waals surface area contributed by atoms with Gasteiger partial charge in [-0.2, -0.15) is 0 Å². The molecule has 1 aliphatic rings. The number of ether oxygens (including phenoxy) is 1. The van der Waals surface area contributed by atoms with Crippen molar-refractivity contribution in [2.45, 2.75) is 31.9 Å². The monoisotopic (exact) mass is 257 g/mol. The topological polar surface area (TPSA) is 12.5 Å². The van der Waals surface area contributed by atoms with Gasteiger partial charge in [0.15, 0.2) is 0 Å². The van der Waals surface area contributed by atoms with E-state index in [0.717, 1.165) is 5.56 Å². The number of hydrogen-bond acceptors (Lipinski definition) is 2. The van der Waals surface area contributed by atoms with E-state index < -0.39 is 0 Å². The second kappa shape index (κ2) is 5.23. The molecule has 0 spiro atoms. The van der Waals surface area contributed by atoms with E-state index in [4.69, 9.17) is 16.3 Å². The van der Waals surface area contributed by atoms with Crippen LogP contribution in [0.15, 0.2) is 18.2 Å². The van der Waals surface area contributed by atoms with Gasteiger partial charge in [0.2, 0.25) is 0 Å². The summed E-state index contributed by atoms with van der Waals surface area (Å²) in [7, 11) is 0. The van der Waals surface area contributed by atoms with Crippen LogP contribution in [0.5, 0.6) is 0 Å². The van der Waals surface area contributed by atoms with Gasteiger partial charge in [0.1, 0.15) is 5.82 Å². The summed E-state index contributed by atoms with van der Waals surface area (Å²) in [6.45, 7) is 5.41. The van der Waals surface area contributed by atoms with Crippen molar-refractivity contribution >= 4 is 17.3 Å². The summed E-state index contributed by atoms with van der Waals surface area (Å²) < 4.78 is 19.6. The molecule has 0 unspecified atom stereocenters. The Hall–Kier alpha value is -0.800. The van der Waals surface area contributed by atoms with Crippen molar-refractivity contribution in [3.05, 3.63) is 29.6 Å². The average Bonchev–Trinajstić information content (AvgIpc) is 2.27. The second-order valence-electron chi connectivity index (χ2n) is 4.54. The number of rotatable bonds is 2. The van der Waals surface area contributed by atoms with Gasteiger partial charge >= 0.3 is 0 Å². The Bertz CT molecular complexity index is 389. The first-order valence-corrected chi connectivity index (χ1v) is 6.39. The van der Waals surface area contributed by atoms with Crippen molar-refractivity contribution in [2.24, 2.45) is 0 Å². The molecule has 17 heavy (non-hydrogen) atoms. The molecule has 1 saturated heterocycles. The molecule has 1 aromatic rings. The van der Waals surface area contributed by atoms with Crippen LogP contribution in [0.1, 0.15) is 19.4 Å². The number of hydrogen-bond donors (Lipinski definition) is 0. The van der Waals surface area contributed by atoms with Gasteiger partial charge in [-0.1, -0.05) is 12.1 Å². The molecule has 0 aliphatic carbocycles. The first kappa shape index (κ1) is 12.7. The molecule has 0 bridgehead atoms. The van der Waals surface area contributed by atoms with Gasteiger partial charge in [-0.15, -0.1) is 11.6 Å². The standard InChI is InChI=1S/C13H17ClFNO/c1-9-7-16(8-10(2)17-9)13-11(6-14)4-3-5-12(13)15/h3-5,9-10H,6-8H2,1-2H3/t9-,10+. The van der Waals surface area contributed by atoms with Crippen LogP contribution in [0.3, 0.4) is 0 Å². The third-order valence-electron chi connectivity index (χ3n) is 2.95. The van der Waals surface area contributed by atoms with Crippen molar-refractivity contribution in [3.8, 4) is 0 Å².